The Morgan fingerprint density at radius 3 is 2.15 bits per heavy atom. The van der Waals surface area contributed by atoms with Crippen LogP contribution in [-0.4, -0.2) is 36.6 Å². The van der Waals surface area contributed by atoms with Crippen LogP contribution in [0.5, 0.6) is 5.75 Å². The van der Waals surface area contributed by atoms with Crippen molar-refractivity contribution in [2.24, 2.45) is 5.92 Å². The number of nitrogens with zero attached hydrogens (tertiary/aromatic N) is 1. The third-order valence-electron chi connectivity index (χ3n) is 4.87. The minimum Gasteiger partial charge on any atom is -0.497 e. The molecule has 2 unspecified atom stereocenters. The summed E-state index contributed by atoms with van der Waals surface area (Å²) in [5, 5.41) is 10.4. The van der Waals surface area contributed by atoms with Gasteiger partial charge in [-0.1, -0.05) is 38.1 Å². The first-order valence-electron chi connectivity index (χ1n) is 9.13. The molecular weight excluding hydrogens is 345 g/mol. The third-order valence-corrected chi connectivity index (χ3v) is 4.87. The Morgan fingerprint density at radius 2 is 1.63 bits per heavy atom. The van der Waals surface area contributed by atoms with Gasteiger partial charge in [-0.05, 0) is 47.2 Å². The van der Waals surface area contributed by atoms with E-state index in [1.54, 1.807) is 55.5 Å². The van der Waals surface area contributed by atoms with Gasteiger partial charge in [-0.25, -0.2) is 4.39 Å². The zero-order valence-corrected chi connectivity index (χ0v) is 16.4. The molecule has 0 aliphatic rings. The van der Waals surface area contributed by atoms with Crippen molar-refractivity contribution in [3.63, 3.8) is 0 Å². The molecule has 5 heteroatoms. The average molecular weight is 373 g/mol. The molecular formula is C22H28FNO3. The highest BCUT2D eigenvalue weighted by molar-refractivity contribution is 5.77. The number of rotatable bonds is 8. The number of amides is 1. The molecule has 2 atom stereocenters. The summed E-state index contributed by atoms with van der Waals surface area (Å²) < 4.78 is 18.3. The van der Waals surface area contributed by atoms with Crippen molar-refractivity contribution < 1.29 is 19.0 Å². The van der Waals surface area contributed by atoms with E-state index in [0.717, 1.165) is 16.9 Å². The second kappa shape index (κ2) is 9.51. The lowest BCUT2D eigenvalue weighted by Gasteiger charge is -2.26. The number of carbonyl (C=O) groups is 1. The van der Waals surface area contributed by atoms with Crippen LogP contribution in [0, 0.1) is 11.7 Å². The quantitative estimate of drug-likeness (QED) is 0.756. The highest BCUT2D eigenvalue weighted by Crippen LogP contribution is 2.29. The van der Waals surface area contributed by atoms with E-state index >= 15 is 0 Å². The van der Waals surface area contributed by atoms with Gasteiger partial charge in [0.15, 0.2) is 0 Å². The highest BCUT2D eigenvalue weighted by atomic mass is 19.1. The Balaban J connectivity index is 2.00. The van der Waals surface area contributed by atoms with Gasteiger partial charge in [0, 0.05) is 13.5 Å². The Hall–Kier alpha value is -2.40. The first-order valence-corrected chi connectivity index (χ1v) is 9.13. The topological polar surface area (TPSA) is 49.8 Å². The van der Waals surface area contributed by atoms with Gasteiger partial charge in [-0.3, -0.25) is 4.79 Å². The summed E-state index contributed by atoms with van der Waals surface area (Å²) in [6.45, 7) is 4.31. The number of aliphatic hydroxyl groups is 1. The maximum absolute atomic E-state index is 13.2. The maximum Gasteiger partial charge on any atom is 0.223 e. The fraction of sp³-hybridized carbons (Fsp3) is 0.409. The van der Waals surface area contributed by atoms with Gasteiger partial charge < -0.3 is 14.7 Å². The van der Waals surface area contributed by atoms with Crippen molar-refractivity contribution in [1.82, 2.24) is 4.90 Å². The summed E-state index contributed by atoms with van der Waals surface area (Å²) in [5.41, 5.74) is 1.68. The van der Waals surface area contributed by atoms with Crippen LogP contribution >= 0.6 is 0 Å². The van der Waals surface area contributed by atoms with Crippen LogP contribution in [0.15, 0.2) is 48.5 Å². The molecule has 2 aromatic carbocycles. The Labute approximate surface area is 160 Å². The maximum atomic E-state index is 13.2. The zero-order chi connectivity index (χ0) is 20.0. The number of likely N-dealkylation sites (N-methyl/N-ethyl adjacent to an activating group) is 1. The summed E-state index contributed by atoms with van der Waals surface area (Å²) in [7, 11) is 3.28. The van der Waals surface area contributed by atoms with E-state index in [2.05, 4.69) is 0 Å². The van der Waals surface area contributed by atoms with E-state index in [-0.39, 0.29) is 30.1 Å². The zero-order valence-electron chi connectivity index (χ0n) is 16.4. The standard InChI is InChI=1S/C22H28FNO3/c1-15(2)20(16-5-9-18(23)10-6-16)13-22(26)24(3)14-21(25)17-7-11-19(27-4)12-8-17/h5-12,15,20-21,25H,13-14H2,1-4H3. The van der Waals surface area contributed by atoms with Crippen LogP contribution in [0.1, 0.15) is 43.4 Å². The molecule has 0 aliphatic heterocycles. The summed E-state index contributed by atoms with van der Waals surface area (Å²) in [6.07, 6.45) is -0.456. The largest absolute Gasteiger partial charge is 0.497 e. The van der Waals surface area contributed by atoms with E-state index in [0.29, 0.717) is 6.42 Å². The van der Waals surface area contributed by atoms with Crippen molar-refractivity contribution in [2.45, 2.75) is 32.3 Å². The van der Waals surface area contributed by atoms with E-state index in [1.165, 1.54) is 12.1 Å². The van der Waals surface area contributed by atoms with Gasteiger partial charge in [-0.2, -0.15) is 0 Å². The molecule has 0 bridgehead atoms. The van der Waals surface area contributed by atoms with E-state index in [1.807, 2.05) is 13.8 Å². The summed E-state index contributed by atoms with van der Waals surface area (Å²) in [6, 6.07) is 13.5. The predicted octanol–water partition coefficient (Wildman–Crippen LogP) is 4.16. The van der Waals surface area contributed by atoms with Gasteiger partial charge in [0.25, 0.3) is 0 Å². The molecule has 0 spiro atoms. The third kappa shape index (κ3) is 5.79. The molecule has 0 saturated carbocycles. The van der Waals surface area contributed by atoms with Gasteiger partial charge >= 0.3 is 0 Å². The minimum absolute atomic E-state index is 0.00122. The average Bonchev–Trinajstić information content (AvgIpc) is 2.66. The number of hydrogen-bond donors (Lipinski definition) is 1. The smallest absolute Gasteiger partial charge is 0.223 e. The lowest BCUT2D eigenvalue weighted by atomic mass is 9.85. The van der Waals surface area contributed by atoms with Gasteiger partial charge in [0.05, 0.1) is 19.8 Å². The number of methoxy groups -OCH3 is 1. The molecule has 1 N–H and O–H groups in total. The molecule has 146 valence electrons. The number of carbonyl (C=O) groups excluding carboxylic acids is 1. The molecule has 2 rings (SSSR count). The number of hydrogen-bond acceptors (Lipinski definition) is 3. The minimum atomic E-state index is -0.770. The molecule has 0 saturated heterocycles. The summed E-state index contributed by atoms with van der Waals surface area (Å²) in [5.74, 6) is 0.616. The summed E-state index contributed by atoms with van der Waals surface area (Å²) in [4.78, 5) is 14.2. The number of halogens is 1. The van der Waals surface area contributed by atoms with E-state index in [9.17, 15) is 14.3 Å². The van der Waals surface area contributed by atoms with Crippen LogP contribution in [0.25, 0.3) is 0 Å². The molecule has 0 aromatic heterocycles. The molecule has 0 aliphatic carbocycles. The van der Waals surface area contributed by atoms with E-state index in [4.69, 9.17) is 4.74 Å². The Morgan fingerprint density at radius 1 is 1.07 bits per heavy atom. The van der Waals surface area contributed by atoms with Crippen LogP contribution in [0.3, 0.4) is 0 Å². The molecule has 0 heterocycles. The SMILES string of the molecule is COc1ccc(C(O)CN(C)C(=O)CC(c2ccc(F)cc2)C(C)C)cc1. The van der Waals surface area contributed by atoms with Crippen LogP contribution in [0.4, 0.5) is 4.39 Å². The van der Waals surface area contributed by atoms with Gasteiger partial charge in [-0.15, -0.1) is 0 Å². The van der Waals surface area contributed by atoms with Crippen molar-refractivity contribution in [2.75, 3.05) is 20.7 Å². The second-order valence-electron chi connectivity index (χ2n) is 7.17. The van der Waals surface area contributed by atoms with Crippen LogP contribution in [0.2, 0.25) is 0 Å². The monoisotopic (exact) mass is 373 g/mol. The lowest BCUT2D eigenvalue weighted by Crippen LogP contribution is -2.32. The summed E-state index contributed by atoms with van der Waals surface area (Å²) >= 11 is 0. The fourth-order valence-electron chi connectivity index (χ4n) is 3.09. The van der Waals surface area contributed by atoms with Gasteiger partial charge in [0.1, 0.15) is 11.6 Å². The fourth-order valence-corrected chi connectivity index (χ4v) is 3.09. The van der Waals surface area contributed by atoms with Crippen molar-refractivity contribution >= 4 is 5.91 Å². The molecule has 4 nitrogen and oxygen atoms in total. The predicted molar refractivity (Wildman–Crippen MR) is 104 cm³/mol. The highest BCUT2D eigenvalue weighted by Gasteiger charge is 2.23. The number of aliphatic hydroxyl groups excluding tert-OH is 1. The van der Waals surface area contributed by atoms with Crippen LogP contribution in [-0.2, 0) is 4.79 Å². The Kier molecular flexibility index (Phi) is 7.36. The molecule has 1 amide bonds. The van der Waals surface area contributed by atoms with Crippen molar-refractivity contribution in [1.29, 1.82) is 0 Å². The van der Waals surface area contributed by atoms with E-state index < -0.39 is 6.10 Å². The lowest BCUT2D eigenvalue weighted by molar-refractivity contribution is -0.131. The van der Waals surface area contributed by atoms with Crippen molar-refractivity contribution in [3.05, 3.63) is 65.5 Å². The molecule has 0 fully saturated rings. The first kappa shape index (κ1) is 20.9. The van der Waals surface area contributed by atoms with Crippen molar-refractivity contribution in [3.8, 4) is 5.75 Å². The molecule has 27 heavy (non-hydrogen) atoms. The molecule has 2 aromatic rings. The normalized spacial score (nSPS) is 13.3. The number of ether oxygens (including phenoxy) is 1. The molecule has 0 radical (unpaired) electrons. The van der Waals surface area contributed by atoms with Crippen LogP contribution < -0.4 is 4.74 Å². The Bertz CT molecular complexity index is 728. The second-order valence-corrected chi connectivity index (χ2v) is 7.17. The first-order chi connectivity index (χ1) is 12.8. The van der Waals surface area contributed by atoms with Gasteiger partial charge in [0.2, 0.25) is 5.91 Å². The number of benzene rings is 2.